The van der Waals surface area contributed by atoms with E-state index < -0.39 is 5.97 Å². The third-order valence-electron chi connectivity index (χ3n) is 2.93. The zero-order chi connectivity index (χ0) is 15.4. The first-order chi connectivity index (χ1) is 10.0. The molecule has 0 fully saturated rings. The molecule has 5 nitrogen and oxygen atoms in total. The number of thioether (sulfide) groups is 1. The van der Waals surface area contributed by atoms with Crippen LogP contribution in [0.3, 0.4) is 0 Å². The summed E-state index contributed by atoms with van der Waals surface area (Å²) < 4.78 is 0. The molecule has 21 heavy (non-hydrogen) atoms. The highest BCUT2D eigenvalue weighted by Crippen LogP contribution is 2.20. The number of carboxylic acid groups (broad SMARTS) is 1. The molecule has 2 aromatic rings. The normalized spacial score (nSPS) is 10.2. The van der Waals surface area contributed by atoms with Crippen LogP contribution in [-0.2, 0) is 0 Å². The van der Waals surface area contributed by atoms with Gasteiger partial charge in [0.05, 0.1) is 0 Å². The predicted molar refractivity (Wildman–Crippen MR) is 82.1 cm³/mol. The van der Waals surface area contributed by atoms with Gasteiger partial charge < -0.3 is 10.4 Å². The lowest BCUT2D eigenvalue weighted by molar-refractivity contribution is 0.0690. The molecule has 0 unspecified atom stereocenters. The van der Waals surface area contributed by atoms with Crippen molar-refractivity contribution in [3.63, 3.8) is 0 Å². The minimum atomic E-state index is -1.13. The smallest absolute Gasteiger partial charge is 0.354 e. The zero-order valence-corrected chi connectivity index (χ0v) is 12.4. The van der Waals surface area contributed by atoms with Gasteiger partial charge in [-0.2, -0.15) is 0 Å². The van der Waals surface area contributed by atoms with Crippen LogP contribution in [0, 0.1) is 6.92 Å². The number of benzene rings is 1. The largest absolute Gasteiger partial charge is 0.477 e. The van der Waals surface area contributed by atoms with Gasteiger partial charge in [-0.15, -0.1) is 11.8 Å². The Morgan fingerprint density at radius 1 is 1.24 bits per heavy atom. The fraction of sp³-hybridized carbons (Fsp3) is 0.133. The predicted octanol–water partition coefficient (Wildman–Crippen LogP) is 3.06. The molecule has 2 N–H and O–H groups in total. The molecule has 0 atom stereocenters. The van der Waals surface area contributed by atoms with E-state index in [9.17, 15) is 9.59 Å². The summed E-state index contributed by atoms with van der Waals surface area (Å²) in [6.07, 6.45) is 3.29. The first kappa shape index (κ1) is 15.1. The van der Waals surface area contributed by atoms with E-state index in [1.54, 1.807) is 17.8 Å². The maximum absolute atomic E-state index is 12.3. The number of rotatable bonds is 4. The van der Waals surface area contributed by atoms with Gasteiger partial charge in [0.15, 0.2) is 0 Å². The van der Waals surface area contributed by atoms with Crippen molar-refractivity contribution in [3.8, 4) is 0 Å². The first-order valence-corrected chi connectivity index (χ1v) is 7.39. The van der Waals surface area contributed by atoms with Crippen LogP contribution in [0.2, 0.25) is 0 Å². The molecule has 0 saturated heterocycles. The van der Waals surface area contributed by atoms with Crippen LogP contribution < -0.4 is 5.32 Å². The number of nitrogens with zero attached hydrogens (tertiary/aromatic N) is 1. The highest BCUT2D eigenvalue weighted by Gasteiger charge is 2.12. The number of carbonyl (C=O) groups is 2. The van der Waals surface area contributed by atoms with Gasteiger partial charge in [0.2, 0.25) is 0 Å². The van der Waals surface area contributed by atoms with E-state index >= 15 is 0 Å². The SMILES string of the molecule is CSc1ccc(C)c(C(=O)Nc2ccnc(C(=O)O)c2)c1. The van der Waals surface area contributed by atoms with Gasteiger partial charge in [-0.1, -0.05) is 6.07 Å². The number of pyridine rings is 1. The standard InChI is InChI=1S/C15H14N2O3S/c1-9-3-4-11(21-2)8-12(9)14(18)17-10-5-6-16-13(7-10)15(19)20/h3-8H,1-2H3,(H,19,20)(H,16,17,18). The summed E-state index contributed by atoms with van der Waals surface area (Å²) in [5, 5.41) is 11.6. The number of anilines is 1. The van der Waals surface area contributed by atoms with Crippen LogP contribution in [0.1, 0.15) is 26.4 Å². The average Bonchev–Trinajstić information content (AvgIpc) is 2.48. The summed E-state index contributed by atoms with van der Waals surface area (Å²) in [6, 6.07) is 8.53. The van der Waals surface area contributed by atoms with E-state index in [1.165, 1.54) is 12.3 Å². The van der Waals surface area contributed by atoms with Crippen LogP contribution in [0.15, 0.2) is 41.4 Å². The molecule has 0 bridgehead atoms. The second kappa shape index (κ2) is 6.41. The second-order valence-electron chi connectivity index (χ2n) is 4.37. The van der Waals surface area contributed by atoms with E-state index in [0.29, 0.717) is 11.3 Å². The summed E-state index contributed by atoms with van der Waals surface area (Å²) >= 11 is 1.55. The maximum Gasteiger partial charge on any atom is 0.354 e. The Labute approximate surface area is 126 Å². The summed E-state index contributed by atoms with van der Waals surface area (Å²) in [6.45, 7) is 1.86. The van der Waals surface area contributed by atoms with Crippen LogP contribution >= 0.6 is 11.8 Å². The molecule has 0 spiro atoms. The third-order valence-corrected chi connectivity index (χ3v) is 3.65. The van der Waals surface area contributed by atoms with E-state index in [1.807, 2.05) is 31.4 Å². The maximum atomic E-state index is 12.3. The summed E-state index contributed by atoms with van der Waals surface area (Å²) in [4.78, 5) is 27.9. The molecule has 0 saturated carbocycles. The van der Waals surface area contributed by atoms with E-state index in [0.717, 1.165) is 10.5 Å². The lowest BCUT2D eigenvalue weighted by Crippen LogP contribution is -2.14. The summed E-state index contributed by atoms with van der Waals surface area (Å²) in [5.41, 5.74) is 1.72. The topological polar surface area (TPSA) is 79.3 Å². The number of amides is 1. The Balaban J connectivity index is 2.25. The Morgan fingerprint density at radius 3 is 2.67 bits per heavy atom. The molecule has 0 radical (unpaired) electrons. The quantitative estimate of drug-likeness (QED) is 0.849. The first-order valence-electron chi connectivity index (χ1n) is 6.16. The van der Waals surface area contributed by atoms with Gasteiger partial charge in [0.25, 0.3) is 5.91 Å². The molecular weight excluding hydrogens is 288 g/mol. The van der Waals surface area contributed by atoms with Gasteiger partial charge in [-0.05, 0) is 43.0 Å². The van der Waals surface area contributed by atoms with Crippen LogP contribution in [0.25, 0.3) is 0 Å². The number of aromatic carboxylic acids is 1. The van der Waals surface area contributed by atoms with Crippen molar-refractivity contribution < 1.29 is 14.7 Å². The second-order valence-corrected chi connectivity index (χ2v) is 5.25. The minimum absolute atomic E-state index is 0.109. The number of hydrogen-bond donors (Lipinski definition) is 2. The highest BCUT2D eigenvalue weighted by atomic mass is 32.2. The number of hydrogen-bond acceptors (Lipinski definition) is 4. The van der Waals surface area contributed by atoms with Gasteiger partial charge in [0.1, 0.15) is 5.69 Å². The fourth-order valence-electron chi connectivity index (χ4n) is 1.80. The van der Waals surface area contributed by atoms with Gasteiger partial charge in [-0.3, -0.25) is 4.79 Å². The zero-order valence-electron chi connectivity index (χ0n) is 11.6. The minimum Gasteiger partial charge on any atom is -0.477 e. The molecule has 1 aromatic heterocycles. The molecule has 108 valence electrons. The molecule has 0 aliphatic rings. The lowest BCUT2D eigenvalue weighted by Gasteiger charge is -2.09. The fourth-order valence-corrected chi connectivity index (χ4v) is 2.24. The number of nitrogens with one attached hydrogen (secondary N) is 1. The Kier molecular flexibility index (Phi) is 4.59. The molecule has 6 heteroatoms. The van der Waals surface area contributed by atoms with Crippen molar-refractivity contribution in [2.75, 3.05) is 11.6 Å². The molecule has 1 amide bonds. The van der Waals surface area contributed by atoms with E-state index in [-0.39, 0.29) is 11.6 Å². The Hall–Kier alpha value is -2.34. The van der Waals surface area contributed by atoms with Crippen molar-refractivity contribution >= 4 is 29.3 Å². The van der Waals surface area contributed by atoms with Gasteiger partial charge >= 0.3 is 5.97 Å². The van der Waals surface area contributed by atoms with Crippen molar-refractivity contribution in [2.45, 2.75) is 11.8 Å². The van der Waals surface area contributed by atoms with Gasteiger partial charge in [0, 0.05) is 22.3 Å². The number of aryl methyl sites for hydroxylation is 1. The third kappa shape index (κ3) is 3.61. The van der Waals surface area contributed by atoms with Crippen LogP contribution in [0.5, 0.6) is 0 Å². The molecule has 1 aromatic carbocycles. The van der Waals surface area contributed by atoms with Crippen molar-refractivity contribution in [1.82, 2.24) is 4.98 Å². The Bertz CT molecular complexity index is 701. The van der Waals surface area contributed by atoms with Crippen molar-refractivity contribution in [3.05, 3.63) is 53.3 Å². The number of carbonyl (C=O) groups excluding carboxylic acids is 1. The lowest BCUT2D eigenvalue weighted by atomic mass is 10.1. The number of carboxylic acids is 1. The van der Waals surface area contributed by atoms with Crippen LogP contribution in [-0.4, -0.2) is 28.2 Å². The van der Waals surface area contributed by atoms with Crippen molar-refractivity contribution in [1.29, 1.82) is 0 Å². The van der Waals surface area contributed by atoms with E-state index in [4.69, 9.17) is 5.11 Å². The molecule has 0 aliphatic carbocycles. The summed E-state index contributed by atoms with van der Waals surface area (Å²) in [5.74, 6) is -1.41. The summed E-state index contributed by atoms with van der Waals surface area (Å²) in [7, 11) is 0. The van der Waals surface area contributed by atoms with Crippen LogP contribution in [0.4, 0.5) is 5.69 Å². The highest BCUT2D eigenvalue weighted by molar-refractivity contribution is 7.98. The average molecular weight is 302 g/mol. The molecule has 0 aliphatic heterocycles. The Morgan fingerprint density at radius 2 is 2.00 bits per heavy atom. The molecule has 2 rings (SSSR count). The monoisotopic (exact) mass is 302 g/mol. The van der Waals surface area contributed by atoms with Crippen molar-refractivity contribution in [2.24, 2.45) is 0 Å². The van der Waals surface area contributed by atoms with Gasteiger partial charge in [-0.25, -0.2) is 9.78 Å². The van der Waals surface area contributed by atoms with E-state index in [2.05, 4.69) is 10.3 Å². The number of aromatic nitrogens is 1. The molecular formula is C15H14N2O3S. The molecule has 1 heterocycles.